The molecule has 3 nitrogen and oxygen atoms in total. The van der Waals surface area contributed by atoms with E-state index in [1.807, 2.05) is 30.3 Å². The predicted octanol–water partition coefficient (Wildman–Crippen LogP) is 4.28. The number of rotatable bonds is 3. The Labute approximate surface area is 142 Å². The van der Waals surface area contributed by atoms with Crippen molar-refractivity contribution in [3.05, 3.63) is 77.9 Å². The Bertz CT molecular complexity index is 987. The third kappa shape index (κ3) is 3.25. The number of nitrogens with two attached hydrogens (primary N) is 1. The lowest BCUT2D eigenvalue weighted by Gasteiger charge is -2.14. The zero-order valence-corrected chi connectivity index (χ0v) is 14.5. The maximum absolute atomic E-state index is 12.0. The highest BCUT2D eigenvalue weighted by molar-refractivity contribution is 7.89. The molecule has 0 saturated heterocycles. The molecule has 0 unspecified atom stereocenters. The molecule has 3 rings (SSSR count). The van der Waals surface area contributed by atoms with Crippen molar-refractivity contribution in [3.8, 4) is 22.3 Å². The fourth-order valence-corrected chi connectivity index (χ4v) is 3.79. The molecule has 3 aromatic rings. The molecule has 0 saturated carbocycles. The van der Waals surface area contributed by atoms with E-state index in [1.54, 1.807) is 18.2 Å². The first kappa shape index (κ1) is 16.4. The lowest BCUT2D eigenvalue weighted by Crippen LogP contribution is -2.13. The summed E-state index contributed by atoms with van der Waals surface area (Å²) in [5.74, 6) is 0. The summed E-state index contributed by atoms with van der Waals surface area (Å²) in [6.45, 7) is 4.11. The van der Waals surface area contributed by atoms with E-state index < -0.39 is 10.0 Å². The highest BCUT2D eigenvalue weighted by Gasteiger charge is 2.17. The van der Waals surface area contributed by atoms with Crippen LogP contribution in [0.2, 0.25) is 0 Å². The molecule has 0 aromatic heterocycles. The smallest absolute Gasteiger partial charge is 0.225 e. The largest absolute Gasteiger partial charge is 0.238 e. The van der Waals surface area contributed by atoms with Crippen LogP contribution in [0, 0.1) is 13.8 Å². The van der Waals surface area contributed by atoms with E-state index in [2.05, 4.69) is 32.0 Å². The molecule has 0 radical (unpaired) electrons. The van der Waals surface area contributed by atoms with E-state index in [1.165, 1.54) is 11.1 Å². The number of hydrogen-bond donors (Lipinski definition) is 1. The summed E-state index contributed by atoms with van der Waals surface area (Å²) in [5.41, 5.74) is 5.86. The van der Waals surface area contributed by atoms with Gasteiger partial charge in [0.15, 0.2) is 0 Å². The topological polar surface area (TPSA) is 60.2 Å². The van der Waals surface area contributed by atoms with Crippen LogP contribution in [0.25, 0.3) is 22.3 Å². The Morgan fingerprint density at radius 1 is 0.708 bits per heavy atom. The summed E-state index contributed by atoms with van der Waals surface area (Å²) in [7, 11) is -3.80. The van der Waals surface area contributed by atoms with Gasteiger partial charge in [0.1, 0.15) is 0 Å². The van der Waals surface area contributed by atoms with Crippen molar-refractivity contribution in [2.75, 3.05) is 0 Å². The first-order valence-electron chi connectivity index (χ1n) is 7.66. The van der Waals surface area contributed by atoms with Crippen molar-refractivity contribution in [2.45, 2.75) is 18.7 Å². The molecule has 0 atom stereocenters. The van der Waals surface area contributed by atoms with E-state index in [0.717, 1.165) is 16.7 Å². The molecule has 2 N–H and O–H groups in total. The fourth-order valence-electron chi connectivity index (χ4n) is 3.04. The Morgan fingerprint density at radius 2 is 1.21 bits per heavy atom. The molecular weight excluding hydrogens is 318 g/mol. The van der Waals surface area contributed by atoms with Gasteiger partial charge in [0.25, 0.3) is 0 Å². The molecule has 0 amide bonds. The second-order valence-corrected chi connectivity index (χ2v) is 7.49. The molecule has 0 fully saturated rings. The third-order valence-electron chi connectivity index (χ3n) is 3.94. The van der Waals surface area contributed by atoms with E-state index in [-0.39, 0.29) is 4.90 Å². The van der Waals surface area contributed by atoms with E-state index in [0.29, 0.717) is 5.56 Å². The molecule has 0 aliphatic rings. The van der Waals surface area contributed by atoms with Crippen molar-refractivity contribution in [1.29, 1.82) is 0 Å². The monoisotopic (exact) mass is 337 g/mol. The maximum Gasteiger partial charge on any atom is 0.238 e. The second-order valence-electron chi connectivity index (χ2n) is 5.96. The van der Waals surface area contributed by atoms with Gasteiger partial charge in [0.2, 0.25) is 10.0 Å². The van der Waals surface area contributed by atoms with Crippen LogP contribution in [0.15, 0.2) is 71.6 Å². The van der Waals surface area contributed by atoms with Crippen LogP contribution in [-0.4, -0.2) is 8.42 Å². The van der Waals surface area contributed by atoms with E-state index in [4.69, 9.17) is 5.14 Å². The van der Waals surface area contributed by atoms with Crippen LogP contribution < -0.4 is 5.14 Å². The number of hydrogen-bond acceptors (Lipinski definition) is 2. The van der Waals surface area contributed by atoms with Crippen molar-refractivity contribution >= 4 is 10.0 Å². The van der Waals surface area contributed by atoms with Crippen molar-refractivity contribution < 1.29 is 8.42 Å². The molecule has 0 aliphatic heterocycles. The molecule has 0 spiro atoms. The standard InChI is InChI=1S/C20H19NO2S/c1-14-11-15(2)13-16(12-14)17-7-3-4-8-18(17)19-9-5-6-10-20(19)24(21,22)23/h3-13H,1-2H3,(H2,21,22,23). The number of benzene rings is 3. The third-order valence-corrected chi connectivity index (χ3v) is 4.91. The highest BCUT2D eigenvalue weighted by atomic mass is 32.2. The van der Waals surface area contributed by atoms with Crippen molar-refractivity contribution in [1.82, 2.24) is 0 Å². The number of aryl methyl sites for hydroxylation is 2. The van der Waals surface area contributed by atoms with Gasteiger partial charge in [-0.3, -0.25) is 0 Å². The van der Waals surface area contributed by atoms with Crippen molar-refractivity contribution in [3.63, 3.8) is 0 Å². The predicted molar refractivity (Wildman–Crippen MR) is 98.2 cm³/mol. The van der Waals surface area contributed by atoms with Gasteiger partial charge in [-0.05, 0) is 36.6 Å². The highest BCUT2D eigenvalue weighted by Crippen LogP contribution is 2.35. The van der Waals surface area contributed by atoms with Crippen molar-refractivity contribution in [2.24, 2.45) is 5.14 Å². The summed E-state index contributed by atoms with van der Waals surface area (Å²) in [4.78, 5) is 0.141. The Hall–Kier alpha value is -2.43. The molecule has 4 heteroatoms. The fraction of sp³-hybridized carbons (Fsp3) is 0.100. The maximum atomic E-state index is 12.0. The van der Waals surface area contributed by atoms with Crippen LogP contribution in [0.5, 0.6) is 0 Å². The lowest BCUT2D eigenvalue weighted by atomic mass is 9.93. The van der Waals surface area contributed by atoms with Gasteiger partial charge in [0, 0.05) is 5.56 Å². The molecule has 3 aromatic carbocycles. The summed E-state index contributed by atoms with van der Waals surface area (Å²) < 4.78 is 23.9. The number of sulfonamides is 1. The van der Waals surface area contributed by atoms with E-state index in [9.17, 15) is 8.42 Å². The number of primary sulfonamides is 1. The van der Waals surface area contributed by atoms with Gasteiger partial charge in [-0.15, -0.1) is 0 Å². The summed E-state index contributed by atoms with van der Waals surface area (Å²) >= 11 is 0. The second kappa shape index (κ2) is 6.23. The average Bonchev–Trinajstić information content (AvgIpc) is 2.53. The molecule has 24 heavy (non-hydrogen) atoms. The van der Waals surface area contributed by atoms with Gasteiger partial charge in [-0.25, -0.2) is 13.6 Å². The lowest BCUT2D eigenvalue weighted by molar-refractivity contribution is 0.598. The summed E-state index contributed by atoms with van der Waals surface area (Å²) in [5, 5.41) is 5.40. The molecule has 122 valence electrons. The van der Waals surface area contributed by atoms with Crippen LogP contribution in [-0.2, 0) is 10.0 Å². The molecule has 0 aliphatic carbocycles. The van der Waals surface area contributed by atoms with Crippen LogP contribution in [0.3, 0.4) is 0 Å². The van der Waals surface area contributed by atoms with Crippen LogP contribution in [0.4, 0.5) is 0 Å². The minimum atomic E-state index is -3.80. The molecule has 0 bridgehead atoms. The zero-order chi connectivity index (χ0) is 17.3. The summed E-state index contributed by atoms with van der Waals surface area (Å²) in [6.07, 6.45) is 0. The molecule has 0 heterocycles. The minimum Gasteiger partial charge on any atom is -0.225 e. The Kier molecular flexibility index (Phi) is 4.26. The van der Waals surface area contributed by atoms with E-state index >= 15 is 0 Å². The van der Waals surface area contributed by atoms with Gasteiger partial charge in [-0.2, -0.15) is 0 Å². The van der Waals surface area contributed by atoms with Crippen LogP contribution in [0.1, 0.15) is 11.1 Å². The Morgan fingerprint density at radius 3 is 1.79 bits per heavy atom. The van der Waals surface area contributed by atoms with Gasteiger partial charge < -0.3 is 0 Å². The van der Waals surface area contributed by atoms with Gasteiger partial charge in [0.05, 0.1) is 4.90 Å². The first-order valence-corrected chi connectivity index (χ1v) is 9.21. The minimum absolute atomic E-state index is 0.141. The van der Waals surface area contributed by atoms with Crippen LogP contribution >= 0.6 is 0 Å². The Balaban J connectivity index is 2.30. The average molecular weight is 337 g/mol. The molecular formula is C20H19NO2S. The summed E-state index contributed by atoms with van der Waals surface area (Å²) in [6, 6.07) is 21.0. The quantitative estimate of drug-likeness (QED) is 0.775. The SMILES string of the molecule is Cc1cc(C)cc(-c2ccccc2-c2ccccc2S(N)(=O)=O)c1. The van der Waals surface area contributed by atoms with Gasteiger partial charge in [-0.1, -0.05) is 71.8 Å². The zero-order valence-electron chi connectivity index (χ0n) is 13.7. The van der Waals surface area contributed by atoms with Gasteiger partial charge >= 0.3 is 0 Å². The normalized spacial score (nSPS) is 11.5. The first-order chi connectivity index (χ1) is 11.4.